The summed E-state index contributed by atoms with van der Waals surface area (Å²) < 4.78 is 21.9. The molecule has 4 rings (SSSR count). The number of hydrogen-bond donors (Lipinski definition) is 0. The van der Waals surface area contributed by atoms with Crippen molar-refractivity contribution in [3.8, 4) is 0 Å². The van der Waals surface area contributed by atoms with Gasteiger partial charge in [0.2, 0.25) is 0 Å². The number of aryl methyl sites for hydroxylation is 1. The van der Waals surface area contributed by atoms with Crippen molar-refractivity contribution in [3.05, 3.63) is 59.7 Å². The van der Waals surface area contributed by atoms with Crippen LogP contribution in [0.25, 0.3) is 11.0 Å². The van der Waals surface area contributed by atoms with Crippen LogP contribution >= 0.6 is 0 Å². The first-order chi connectivity index (χ1) is 13.5. The van der Waals surface area contributed by atoms with Gasteiger partial charge in [-0.2, -0.15) is 0 Å². The Morgan fingerprint density at radius 2 is 1.96 bits per heavy atom. The minimum atomic E-state index is -0.385. The molecule has 0 unspecified atom stereocenters. The minimum absolute atomic E-state index is 0.237. The molecule has 3 aromatic rings. The predicted molar refractivity (Wildman–Crippen MR) is 106 cm³/mol. The van der Waals surface area contributed by atoms with Gasteiger partial charge in [0.1, 0.15) is 11.6 Å². The topological polar surface area (TPSA) is 50.6 Å². The van der Waals surface area contributed by atoms with Crippen LogP contribution in [0.3, 0.4) is 0 Å². The van der Waals surface area contributed by atoms with E-state index in [1.54, 1.807) is 24.1 Å². The number of morpholine rings is 1. The fraction of sp³-hybridized carbons (Fsp3) is 0.333. The van der Waals surface area contributed by atoms with Gasteiger partial charge in [0.05, 0.1) is 36.5 Å². The van der Waals surface area contributed by atoms with Crippen molar-refractivity contribution < 1.29 is 13.9 Å². The molecule has 1 aromatic heterocycles. The zero-order valence-corrected chi connectivity index (χ0v) is 16.1. The van der Waals surface area contributed by atoms with Crippen molar-refractivity contribution in [1.29, 1.82) is 0 Å². The number of halogens is 1. The number of hydrogen-bond acceptors (Lipinski definition) is 4. The highest BCUT2D eigenvalue weighted by molar-refractivity contribution is 5.94. The molecule has 1 aliphatic rings. The third-order valence-electron chi connectivity index (χ3n) is 5.15. The van der Waals surface area contributed by atoms with E-state index in [9.17, 15) is 9.18 Å². The summed E-state index contributed by atoms with van der Waals surface area (Å²) in [5.41, 5.74) is 2.75. The Morgan fingerprint density at radius 1 is 1.21 bits per heavy atom. The van der Waals surface area contributed by atoms with E-state index in [-0.39, 0.29) is 11.7 Å². The van der Waals surface area contributed by atoms with E-state index in [0.29, 0.717) is 44.1 Å². The minimum Gasteiger partial charge on any atom is -0.378 e. The molecule has 0 bridgehead atoms. The van der Waals surface area contributed by atoms with Crippen LogP contribution in [0.4, 0.5) is 10.1 Å². The Hall–Kier alpha value is -2.93. The molecule has 0 atom stereocenters. The summed E-state index contributed by atoms with van der Waals surface area (Å²) in [6, 6.07) is 12.5. The molecule has 2 aromatic carbocycles. The number of anilines is 1. The SMILES string of the molecule is CN(Cc1nc2ccccc2n1C)C(=O)c1ccc(N2CCOCC2)c(F)c1. The Balaban J connectivity index is 1.51. The predicted octanol–water partition coefficient (Wildman–Crippen LogP) is 2.82. The maximum atomic E-state index is 14.6. The average molecular weight is 382 g/mol. The van der Waals surface area contributed by atoms with Crippen LogP contribution < -0.4 is 4.90 Å². The van der Waals surface area contributed by atoms with Gasteiger partial charge in [-0.1, -0.05) is 12.1 Å². The lowest BCUT2D eigenvalue weighted by Gasteiger charge is -2.29. The first kappa shape index (κ1) is 18.4. The van der Waals surface area contributed by atoms with E-state index in [2.05, 4.69) is 4.98 Å². The quantitative estimate of drug-likeness (QED) is 0.696. The molecule has 0 aliphatic carbocycles. The first-order valence-electron chi connectivity index (χ1n) is 9.32. The molecule has 1 saturated heterocycles. The van der Waals surface area contributed by atoms with Crippen molar-refractivity contribution in [1.82, 2.24) is 14.5 Å². The molecule has 0 spiro atoms. The van der Waals surface area contributed by atoms with Crippen molar-refractivity contribution in [2.45, 2.75) is 6.54 Å². The number of carbonyl (C=O) groups excluding carboxylic acids is 1. The van der Waals surface area contributed by atoms with Crippen LogP contribution in [0.5, 0.6) is 0 Å². The van der Waals surface area contributed by atoms with Crippen LogP contribution in [0, 0.1) is 5.82 Å². The highest BCUT2D eigenvalue weighted by Gasteiger charge is 2.20. The standard InChI is InChI=1S/C21H23FN4O2/c1-24(14-20-23-17-5-3-4-6-19(17)25(20)2)21(27)15-7-8-18(16(22)13-15)26-9-11-28-12-10-26/h3-8,13H,9-12,14H2,1-2H3. The van der Waals surface area contributed by atoms with Gasteiger partial charge in [0.25, 0.3) is 5.91 Å². The molecule has 1 aliphatic heterocycles. The van der Waals surface area contributed by atoms with E-state index in [1.807, 2.05) is 40.8 Å². The van der Waals surface area contributed by atoms with Gasteiger partial charge in [-0.05, 0) is 30.3 Å². The summed E-state index contributed by atoms with van der Waals surface area (Å²) in [5.74, 6) is 0.158. The lowest BCUT2D eigenvalue weighted by atomic mass is 10.1. The normalized spacial score (nSPS) is 14.5. The van der Waals surface area contributed by atoms with Gasteiger partial charge >= 0.3 is 0 Å². The lowest BCUT2D eigenvalue weighted by Crippen LogP contribution is -2.36. The van der Waals surface area contributed by atoms with Crippen molar-refractivity contribution >= 4 is 22.6 Å². The molecule has 1 amide bonds. The van der Waals surface area contributed by atoms with Crippen molar-refractivity contribution in [3.63, 3.8) is 0 Å². The van der Waals surface area contributed by atoms with Gasteiger partial charge in [-0.25, -0.2) is 9.37 Å². The zero-order chi connectivity index (χ0) is 19.7. The van der Waals surface area contributed by atoms with Crippen LogP contribution in [0.15, 0.2) is 42.5 Å². The maximum Gasteiger partial charge on any atom is 0.254 e. The highest BCUT2D eigenvalue weighted by Crippen LogP contribution is 2.23. The van der Waals surface area contributed by atoms with E-state index < -0.39 is 0 Å². The second kappa shape index (κ2) is 7.59. The number of carbonyl (C=O) groups is 1. The first-order valence-corrected chi connectivity index (χ1v) is 9.32. The summed E-state index contributed by atoms with van der Waals surface area (Å²) >= 11 is 0. The van der Waals surface area contributed by atoms with Crippen LogP contribution in [0.1, 0.15) is 16.2 Å². The molecule has 28 heavy (non-hydrogen) atoms. The number of rotatable bonds is 4. The molecule has 0 radical (unpaired) electrons. The Labute approximate surface area is 163 Å². The van der Waals surface area contributed by atoms with Crippen LogP contribution in [-0.4, -0.2) is 53.7 Å². The molecule has 146 valence electrons. The third kappa shape index (κ3) is 3.45. The number of aromatic nitrogens is 2. The number of fused-ring (bicyclic) bond motifs is 1. The second-order valence-electron chi connectivity index (χ2n) is 7.00. The lowest BCUT2D eigenvalue weighted by molar-refractivity contribution is 0.0780. The number of ether oxygens (including phenoxy) is 1. The van der Waals surface area contributed by atoms with E-state index >= 15 is 0 Å². The van der Waals surface area contributed by atoms with Gasteiger partial charge < -0.3 is 19.1 Å². The number of benzene rings is 2. The van der Waals surface area contributed by atoms with Crippen molar-refractivity contribution in [2.75, 3.05) is 38.3 Å². The number of amides is 1. The van der Waals surface area contributed by atoms with E-state index in [0.717, 1.165) is 16.9 Å². The third-order valence-corrected chi connectivity index (χ3v) is 5.15. The molecular formula is C21H23FN4O2. The molecule has 1 fully saturated rings. The zero-order valence-electron chi connectivity index (χ0n) is 16.1. The molecular weight excluding hydrogens is 359 g/mol. The molecule has 6 nitrogen and oxygen atoms in total. The summed E-state index contributed by atoms with van der Waals surface area (Å²) in [5, 5.41) is 0. The molecule has 7 heteroatoms. The molecule has 2 heterocycles. The summed E-state index contributed by atoms with van der Waals surface area (Å²) in [6.45, 7) is 2.81. The smallest absolute Gasteiger partial charge is 0.254 e. The Bertz CT molecular complexity index is 1010. The van der Waals surface area contributed by atoms with Gasteiger partial charge in [-0.15, -0.1) is 0 Å². The highest BCUT2D eigenvalue weighted by atomic mass is 19.1. The molecule has 0 saturated carbocycles. The summed E-state index contributed by atoms with van der Waals surface area (Å²) in [7, 11) is 3.63. The fourth-order valence-electron chi connectivity index (χ4n) is 3.54. The summed E-state index contributed by atoms with van der Waals surface area (Å²) in [6.07, 6.45) is 0. The maximum absolute atomic E-state index is 14.6. The van der Waals surface area contributed by atoms with E-state index in [4.69, 9.17) is 4.74 Å². The number of para-hydroxylation sites is 2. The average Bonchev–Trinajstić information content (AvgIpc) is 3.03. The van der Waals surface area contributed by atoms with Crippen LogP contribution in [-0.2, 0) is 18.3 Å². The Morgan fingerprint density at radius 3 is 2.68 bits per heavy atom. The van der Waals surface area contributed by atoms with Gasteiger partial charge in [-0.3, -0.25) is 4.79 Å². The van der Waals surface area contributed by atoms with E-state index in [1.165, 1.54) is 6.07 Å². The van der Waals surface area contributed by atoms with Gasteiger partial charge in [0, 0.05) is 32.7 Å². The summed E-state index contributed by atoms with van der Waals surface area (Å²) in [4.78, 5) is 20.9. The fourth-order valence-corrected chi connectivity index (χ4v) is 3.54. The largest absolute Gasteiger partial charge is 0.378 e. The van der Waals surface area contributed by atoms with Crippen LogP contribution in [0.2, 0.25) is 0 Å². The molecule has 0 N–H and O–H groups in total. The second-order valence-corrected chi connectivity index (χ2v) is 7.00. The van der Waals surface area contributed by atoms with Gasteiger partial charge in [0.15, 0.2) is 0 Å². The monoisotopic (exact) mass is 382 g/mol. The van der Waals surface area contributed by atoms with Crippen molar-refractivity contribution in [2.24, 2.45) is 7.05 Å². The number of nitrogens with zero attached hydrogens (tertiary/aromatic N) is 4. The Kier molecular flexibility index (Phi) is 5.00. The number of imidazole rings is 1.